The van der Waals surface area contributed by atoms with E-state index in [0.29, 0.717) is 5.02 Å². The van der Waals surface area contributed by atoms with Gasteiger partial charge in [-0.05, 0) is 24.3 Å². The SMILES string of the molecule is Clc1ccccc1-n1ncc2c(N3CCN(c4ccccc4)CC3)ncnc21. The second-order valence-corrected chi connectivity index (χ2v) is 7.16. The van der Waals surface area contributed by atoms with E-state index in [9.17, 15) is 0 Å². The first-order chi connectivity index (χ1) is 13.8. The minimum absolute atomic E-state index is 0.643. The molecule has 140 valence electrons. The summed E-state index contributed by atoms with van der Waals surface area (Å²) in [6.07, 6.45) is 3.44. The van der Waals surface area contributed by atoms with Crippen molar-refractivity contribution in [3.63, 3.8) is 0 Å². The Hall–Kier alpha value is -3.12. The van der Waals surface area contributed by atoms with E-state index in [1.807, 2.05) is 36.5 Å². The van der Waals surface area contributed by atoms with Gasteiger partial charge in [-0.2, -0.15) is 5.10 Å². The van der Waals surface area contributed by atoms with Crippen molar-refractivity contribution in [1.82, 2.24) is 19.7 Å². The molecule has 2 aromatic carbocycles. The van der Waals surface area contributed by atoms with Crippen molar-refractivity contribution in [2.45, 2.75) is 0 Å². The zero-order valence-electron chi connectivity index (χ0n) is 15.2. The molecule has 5 rings (SSSR count). The van der Waals surface area contributed by atoms with Crippen LogP contribution in [0.4, 0.5) is 11.5 Å². The Morgan fingerprint density at radius 3 is 2.29 bits per heavy atom. The smallest absolute Gasteiger partial charge is 0.168 e. The van der Waals surface area contributed by atoms with Gasteiger partial charge >= 0.3 is 0 Å². The van der Waals surface area contributed by atoms with Crippen molar-refractivity contribution in [2.75, 3.05) is 36.0 Å². The third-order valence-electron chi connectivity index (χ3n) is 5.13. The van der Waals surface area contributed by atoms with Gasteiger partial charge in [-0.1, -0.05) is 41.9 Å². The molecular formula is C21H19ClN6. The number of anilines is 2. The summed E-state index contributed by atoms with van der Waals surface area (Å²) < 4.78 is 1.78. The molecule has 0 radical (unpaired) electrons. The monoisotopic (exact) mass is 390 g/mol. The Labute approximate surface area is 168 Å². The fourth-order valence-electron chi connectivity index (χ4n) is 3.70. The summed E-state index contributed by atoms with van der Waals surface area (Å²) in [5.41, 5.74) is 2.85. The van der Waals surface area contributed by atoms with Crippen LogP contribution in [0.2, 0.25) is 5.02 Å². The van der Waals surface area contributed by atoms with E-state index in [2.05, 4.69) is 49.1 Å². The number of para-hydroxylation sites is 2. The predicted octanol–water partition coefficient (Wildman–Crippen LogP) is 3.80. The van der Waals surface area contributed by atoms with E-state index in [4.69, 9.17) is 11.6 Å². The van der Waals surface area contributed by atoms with Gasteiger partial charge in [0.25, 0.3) is 0 Å². The van der Waals surface area contributed by atoms with Gasteiger partial charge in [0.1, 0.15) is 12.1 Å². The van der Waals surface area contributed by atoms with Crippen LogP contribution in [0.15, 0.2) is 67.1 Å². The molecule has 6 nitrogen and oxygen atoms in total. The van der Waals surface area contributed by atoms with Crippen molar-refractivity contribution in [1.29, 1.82) is 0 Å². The first-order valence-electron chi connectivity index (χ1n) is 9.30. The largest absolute Gasteiger partial charge is 0.368 e. The molecule has 1 aliphatic rings. The molecule has 0 saturated carbocycles. The third-order valence-corrected chi connectivity index (χ3v) is 5.45. The second kappa shape index (κ2) is 7.13. The van der Waals surface area contributed by atoms with Crippen LogP contribution in [0.25, 0.3) is 16.7 Å². The lowest BCUT2D eigenvalue weighted by Crippen LogP contribution is -2.46. The van der Waals surface area contributed by atoms with Crippen molar-refractivity contribution in [2.24, 2.45) is 0 Å². The van der Waals surface area contributed by atoms with Crippen LogP contribution in [0.3, 0.4) is 0 Å². The van der Waals surface area contributed by atoms with Crippen LogP contribution in [-0.2, 0) is 0 Å². The summed E-state index contributed by atoms with van der Waals surface area (Å²) in [6.45, 7) is 3.71. The number of piperazine rings is 1. The Morgan fingerprint density at radius 1 is 0.786 bits per heavy atom. The van der Waals surface area contributed by atoms with Gasteiger partial charge in [-0.15, -0.1) is 0 Å². The molecule has 0 bridgehead atoms. The molecule has 0 unspecified atom stereocenters. The van der Waals surface area contributed by atoms with Crippen molar-refractivity contribution in [3.05, 3.63) is 72.1 Å². The molecule has 0 spiro atoms. The molecular weight excluding hydrogens is 372 g/mol. The first kappa shape index (κ1) is 17.0. The molecule has 1 aliphatic heterocycles. The first-order valence-corrected chi connectivity index (χ1v) is 9.67. The molecule has 0 aliphatic carbocycles. The number of fused-ring (bicyclic) bond motifs is 1. The fraction of sp³-hybridized carbons (Fsp3) is 0.190. The van der Waals surface area contributed by atoms with E-state index in [1.54, 1.807) is 11.0 Å². The number of hydrogen-bond donors (Lipinski definition) is 0. The van der Waals surface area contributed by atoms with Crippen LogP contribution in [-0.4, -0.2) is 45.9 Å². The predicted molar refractivity (Wildman–Crippen MR) is 113 cm³/mol. The molecule has 7 heteroatoms. The lowest BCUT2D eigenvalue weighted by atomic mass is 10.2. The maximum absolute atomic E-state index is 6.36. The quantitative estimate of drug-likeness (QED) is 0.532. The summed E-state index contributed by atoms with van der Waals surface area (Å²) in [5.74, 6) is 0.927. The van der Waals surface area contributed by atoms with Crippen LogP contribution in [0.1, 0.15) is 0 Å². The minimum atomic E-state index is 0.643. The molecule has 2 aromatic heterocycles. The van der Waals surface area contributed by atoms with Crippen LogP contribution < -0.4 is 9.80 Å². The van der Waals surface area contributed by atoms with Gasteiger partial charge in [0.05, 0.1) is 22.3 Å². The van der Waals surface area contributed by atoms with Crippen molar-refractivity contribution >= 4 is 34.1 Å². The topological polar surface area (TPSA) is 50.1 Å². The average molecular weight is 391 g/mol. The standard InChI is InChI=1S/C21H19ClN6/c22-18-8-4-5-9-19(18)28-21-17(14-25-28)20(23-15-24-21)27-12-10-26(11-13-27)16-6-2-1-3-7-16/h1-9,14-15H,10-13H2. The molecule has 0 amide bonds. The van der Waals surface area contributed by atoms with Crippen LogP contribution in [0.5, 0.6) is 0 Å². The van der Waals surface area contributed by atoms with Crippen LogP contribution >= 0.6 is 11.6 Å². The van der Waals surface area contributed by atoms with Gasteiger partial charge in [0.2, 0.25) is 0 Å². The van der Waals surface area contributed by atoms with E-state index in [1.165, 1.54) is 5.69 Å². The highest BCUT2D eigenvalue weighted by atomic mass is 35.5. The second-order valence-electron chi connectivity index (χ2n) is 6.75. The lowest BCUT2D eigenvalue weighted by molar-refractivity contribution is 0.649. The van der Waals surface area contributed by atoms with E-state index >= 15 is 0 Å². The third kappa shape index (κ3) is 2.96. The van der Waals surface area contributed by atoms with E-state index < -0.39 is 0 Å². The fourth-order valence-corrected chi connectivity index (χ4v) is 3.91. The highest BCUT2D eigenvalue weighted by Gasteiger charge is 2.22. The highest BCUT2D eigenvalue weighted by Crippen LogP contribution is 2.28. The van der Waals surface area contributed by atoms with Crippen LogP contribution in [0, 0.1) is 0 Å². The number of nitrogens with zero attached hydrogens (tertiary/aromatic N) is 6. The molecule has 0 atom stereocenters. The Morgan fingerprint density at radius 2 is 1.50 bits per heavy atom. The normalized spacial score (nSPS) is 14.6. The lowest BCUT2D eigenvalue weighted by Gasteiger charge is -2.36. The molecule has 3 heterocycles. The maximum atomic E-state index is 6.36. The molecule has 28 heavy (non-hydrogen) atoms. The summed E-state index contributed by atoms with van der Waals surface area (Å²) in [6, 6.07) is 18.2. The molecule has 1 saturated heterocycles. The van der Waals surface area contributed by atoms with Gasteiger partial charge in [0, 0.05) is 31.9 Å². The number of rotatable bonds is 3. The number of aromatic nitrogens is 4. The summed E-state index contributed by atoms with van der Waals surface area (Å²) >= 11 is 6.36. The van der Waals surface area contributed by atoms with Gasteiger partial charge < -0.3 is 9.80 Å². The highest BCUT2D eigenvalue weighted by molar-refractivity contribution is 6.32. The Bertz CT molecular complexity index is 1100. The van der Waals surface area contributed by atoms with E-state index in [-0.39, 0.29) is 0 Å². The number of hydrogen-bond acceptors (Lipinski definition) is 5. The average Bonchev–Trinajstić information content (AvgIpc) is 3.19. The Balaban J connectivity index is 1.44. The minimum Gasteiger partial charge on any atom is -0.368 e. The summed E-state index contributed by atoms with van der Waals surface area (Å²) in [5, 5.41) is 6.12. The number of benzene rings is 2. The number of halogens is 1. The van der Waals surface area contributed by atoms with E-state index in [0.717, 1.165) is 48.7 Å². The molecule has 0 N–H and O–H groups in total. The van der Waals surface area contributed by atoms with Gasteiger partial charge in [0.15, 0.2) is 5.65 Å². The van der Waals surface area contributed by atoms with Gasteiger partial charge in [-0.3, -0.25) is 0 Å². The zero-order valence-corrected chi connectivity index (χ0v) is 16.0. The summed E-state index contributed by atoms with van der Waals surface area (Å²) in [4.78, 5) is 13.8. The summed E-state index contributed by atoms with van der Waals surface area (Å²) in [7, 11) is 0. The van der Waals surface area contributed by atoms with Gasteiger partial charge in [-0.25, -0.2) is 14.6 Å². The Kier molecular flexibility index (Phi) is 4.33. The maximum Gasteiger partial charge on any atom is 0.168 e. The zero-order chi connectivity index (χ0) is 18.9. The van der Waals surface area contributed by atoms with Crippen molar-refractivity contribution < 1.29 is 0 Å². The molecule has 1 fully saturated rings. The molecule has 4 aromatic rings. The van der Waals surface area contributed by atoms with Crippen molar-refractivity contribution in [3.8, 4) is 5.69 Å².